The molecule has 0 saturated carbocycles. The van der Waals surface area contributed by atoms with E-state index in [2.05, 4.69) is 54.7 Å². The van der Waals surface area contributed by atoms with Crippen molar-refractivity contribution in [2.75, 3.05) is 7.11 Å². The lowest BCUT2D eigenvalue weighted by Crippen LogP contribution is -2.20. The van der Waals surface area contributed by atoms with Gasteiger partial charge < -0.3 is 14.8 Å². The molecule has 3 heteroatoms. The first kappa shape index (κ1) is 19.0. The summed E-state index contributed by atoms with van der Waals surface area (Å²) >= 11 is 0. The number of methoxy groups -OCH3 is 1. The number of nitrogens with one attached hydrogen (secondary N) is 1. The molecule has 0 aliphatic rings. The third kappa shape index (κ3) is 5.11. The summed E-state index contributed by atoms with van der Waals surface area (Å²) in [6.45, 7) is 3.43. The second kappa shape index (κ2) is 9.79. The fraction of sp³-hybridized carbons (Fsp3) is 0.250. The summed E-state index contributed by atoms with van der Waals surface area (Å²) in [4.78, 5) is 0. The average Bonchev–Trinajstić information content (AvgIpc) is 2.74. The first-order valence-electron chi connectivity index (χ1n) is 9.42. The van der Waals surface area contributed by atoms with Gasteiger partial charge >= 0.3 is 0 Å². The molecular weight excluding hydrogens is 334 g/mol. The van der Waals surface area contributed by atoms with Gasteiger partial charge in [-0.15, -0.1) is 0 Å². The largest absolute Gasteiger partial charge is 0.493 e. The van der Waals surface area contributed by atoms with E-state index in [-0.39, 0.29) is 0 Å². The summed E-state index contributed by atoms with van der Waals surface area (Å²) in [5.41, 5.74) is 3.53. The van der Waals surface area contributed by atoms with Crippen molar-refractivity contribution in [3.8, 4) is 11.5 Å². The molecule has 0 heterocycles. The van der Waals surface area contributed by atoms with Gasteiger partial charge in [-0.3, -0.25) is 0 Å². The predicted octanol–water partition coefficient (Wildman–Crippen LogP) is 5.52. The number of benzene rings is 3. The van der Waals surface area contributed by atoms with Crippen molar-refractivity contribution in [1.82, 2.24) is 5.32 Å². The van der Waals surface area contributed by atoms with Crippen molar-refractivity contribution in [3.63, 3.8) is 0 Å². The van der Waals surface area contributed by atoms with Gasteiger partial charge in [0.25, 0.3) is 0 Å². The molecule has 1 atom stereocenters. The Hall–Kier alpha value is -2.78. The van der Waals surface area contributed by atoms with Gasteiger partial charge in [0, 0.05) is 18.2 Å². The fourth-order valence-electron chi connectivity index (χ4n) is 3.17. The average molecular weight is 361 g/mol. The predicted molar refractivity (Wildman–Crippen MR) is 110 cm³/mol. The molecule has 3 nitrogen and oxygen atoms in total. The third-order valence-electron chi connectivity index (χ3n) is 4.66. The molecule has 0 saturated heterocycles. The van der Waals surface area contributed by atoms with Gasteiger partial charge in [-0.05, 0) is 23.6 Å². The second-order valence-corrected chi connectivity index (χ2v) is 6.48. The van der Waals surface area contributed by atoms with Gasteiger partial charge in [-0.25, -0.2) is 0 Å². The Balaban J connectivity index is 1.74. The van der Waals surface area contributed by atoms with Crippen LogP contribution in [0.3, 0.4) is 0 Å². The van der Waals surface area contributed by atoms with Crippen LogP contribution in [-0.2, 0) is 13.2 Å². The van der Waals surface area contributed by atoms with E-state index < -0.39 is 0 Å². The van der Waals surface area contributed by atoms with Gasteiger partial charge in [0.15, 0.2) is 11.5 Å². The molecule has 3 aromatic rings. The van der Waals surface area contributed by atoms with Crippen LogP contribution in [0, 0.1) is 0 Å². The summed E-state index contributed by atoms with van der Waals surface area (Å²) in [6.07, 6.45) is 1.02. The first-order chi connectivity index (χ1) is 13.3. The highest BCUT2D eigenvalue weighted by atomic mass is 16.5. The molecule has 0 aliphatic carbocycles. The van der Waals surface area contributed by atoms with E-state index in [1.807, 2.05) is 36.4 Å². The zero-order valence-corrected chi connectivity index (χ0v) is 16.0. The van der Waals surface area contributed by atoms with Gasteiger partial charge in [-0.1, -0.05) is 79.7 Å². The highest BCUT2D eigenvalue weighted by molar-refractivity contribution is 5.46. The Morgan fingerprint density at radius 3 is 2.22 bits per heavy atom. The lowest BCUT2D eigenvalue weighted by molar-refractivity contribution is 0.280. The fourth-order valence-corrected chi connectivity index (χ4v) is 3.17. The normalized spacial score (nSPS) is 11.8. The molecule has 0 amide bonds. The molecule has 3 rings (SSSR count). The van der Waals surface area contributed by atoms with Crippen LogP contribution in [0.1, 0.15) is 36.1 Å². The number of rotatable bonds is 9. The van der Waals surface area contributed by atoms with E-state index in [0.29, 0.717) is 19.2 Å². The maximum Gasteiger partial charge on any atom is 0.166 e. The first-order valence-corrected chi connectivity index (χ1v) is 9.42. The molecule has 0 aliphatic heterocycles. The van der Waals surface area contributed by atoms with E-state index in [1.165, 1.54) is 5.56 Å². The maximum absolute atomic E-state index is 6.15. The highest BCUT2D eigenvalue weighted by Crippen LogP contribution is 2.32. The lowest BCUT2D eigenvalue weighted by atomic mass is 10.0. The molecule has 0 radical (unpaired) electrons. The molecular formula is C24H27NO2. The molecule has 0 bridgehead atoms. The summed E-state index contributed by atoms with van der Waals surface area (Å²) < 4.78 is 11.7. The quantitative estimate of drug-likeness (QED) is 0.545. The molecule has 1 unspecified atom stereocenters. The zero-order chi connectivity index (χ0) is 18.9. The number of para-hydroxylation sites is 1. The Morgan fingerprint density at radius 1 is 0.852 bits per heavy atom. The summed E-state index contributed by atoms with van der Waals surface area (Å²) in [5, 5.41) is 3.66. The molecule has 1 N–H and O–H groups in total. The Bertz CT molecular complexity index is 818. The van der Waals surface area contributed by atoms with Crippen molar-refractivity contribution in [2.24, 2.45) is 0 Å². The van der Waals surface area contributed by atoms with Crippen molar-refractivity contribution < 1.29 is 9.47 Å². The maximum atomic E-state index is 6.15. The van der Waals surface area contributed by atoms with Crippen molar-refractivity contribution >= 4 is 0 Å². The van der Waals surface area contributed by atoms with E-state index in [0.717, 1.165) is 29.0 Å². The van der Waals surface area contributed by atoms with Crippen molar-refractivity contribution in [3.05, 3.63) is 95.6 Å². The van der Waals surface area contributed by atoms with Crippen LogP contribution in [0.4, 0.5) is 0 Å². The minimum Gasteiger partial charge on any atom is -0.493 e. The number of ether oxygens (including phenoxy) is 2. The molecule has 0 spiro atoms. The molecule has 0 aromatic heterocycles. The summed E-state index contributed by atoms with van der Waals surface area (Å²) in [6, 6.07) is 27.1. The smallest absolute Gasteiger partial charge is 0.166 e. The van der Waals surface area contributed by atoms with Crippen molar-refractivity contribution in [2.45, 2.75) is 32.5 Å². The lowest BCUT2D eigenvalue weighted by Gasteiger charge is -2.20. The number of hydrogen-bond acceptors (Lipinski definition) is 3. The van der Waals surface area contributed by atoms with Crippen LogP contribution in [0.2, 0.25) is 0 Å². The molecule has 0 fully saturated rings. The second-order valence-electron chi connectivity index (χ2n) is 6.48. The zero-order valence-electron chi connectivity index (χ0n) is 16.0. The van der Waals surface area contributed by atoms with Gasteiger partial charge in [-0.2, -0.15) is 0 Å². The van der Waals surface area contributed by atoms with Crippen LogP contribution in [0.5, 0.6) is 11.5 Å². The Kier molecular flexibility index (Phi) is 6.89. The Labute approximate surface area is 162 Å². The number of hydrogen-bond donors (Lipinski definition) is 1. The monoisotopic (exact) mass is 361 g/mol. The van der Waals surface area contributed by atoms with E-state index >= 15 is 0 Å². The SMILES string of the molecule is CCC(NCc1cccc(OC)c1OCc1ccccc1)c1ccccc1. The molecule has 3 aromatic carbocycles. The van der Waals surface area contributed by atoms with E-state index in [1.54, 1.807) is 7.11 Å². The Morgan fingerprint density at radius 2 is 1.56 bits per heavy atom. The van der Waals surface area contributed by atoms with Crippen LogP contribution >= 0.6 is 0 Å². The van der Waals surface area contributed by atoms with E-state index in [9.17, 15) is 0 Å². The minimum atomic E-state index is 0.305. The topological polar surface area (TPSA) is 30.5 Å². The van der Waals surface area contributed by atoms with Gasteiger partial charge in [0.2, 0.25) is 0 Å². The standard InChI is InChI=1S/C24H27NO2/c1-3-22(20-13-8-5-9-14-20)25-17-21-15-10-16-23(26-2)24(21)27-18-19-11-6-4-7-12-19/h4-16,22,25H,3,17-18H2,1-2H3. The summed E-state index contributed by atoms with van der Waals surface area (Å²) in [7, 11) is 1.68. The van der Waals surface area contributed by atoms with Crippen LogP contribution < -0.4 is 14.8 Å². The van der Waals surface area contributed by atoms with E-state index in [4.69, 9.17) is 9.47 Å². The third-order valence-corrected chi connectivity index (χ3v) is 4.66. The van der Waals surface area contributed by atoms with Crippen LogP contribution in [-0.4, -0.2) is 7.11 Å². The van der Waals surface area contributed by atoms with Crippen LogP contribution in [0.25, 0.3) is 0 Å². The summed E-state index contributed by atoms with van der Waals surface area (Å²) in [5.74, 6) is 1.57. The van der Waals surface area contributed by atoms with Gasteiger partial charge in [0.05, 0.1) is 7.11 Å². The van der Waals surface area contributed by atoms with Gasteiger partial charge in [0.1, 0.15) is 6.61 Å². The molecule has 140 valence electrons. The minimum absolute atomic E-state index is 0.305. The van der Waals surface area contributed by atoms with Crippen molar-refractivity contribution in [1.29, 1.82) is 0 Å². The molecule has 27 heavy (non-hydrogen) atoms. The highest BCUT2D eigenvalue weighted by Gasteiger charge is 2.14. The van der Waals surface area contributed by atoms with Crippen LogP contribution in [0.15, 0.2) is 78.9 Å².